The van der Waals surface area contributed by atoms with Crippen LogP contribution in [0.3, 0.4) is 0 Å². The van der Waals surface area contributed by atoms with Gasteiger partial charge in [-0.25, -0.2) is 0 Å². The van der Waals surface area contributed by atoms with Crippen molar-refractivity contribution in [2.45, 2.75) is 13.8 Å². The van der Waals surface area contributed by atoms with Gasteiger partial charge in [0.15, 0.2) is 0 Å². The maximum absolute atomic E-state index is 12.6. The number of anilines is 2. The van der Waals surface area contributed by atoms with E-state index in [2.05, 4.69) is 40.0 Å². The first-order chi connectivity index (χ1) is 13.5. The van der Waals surface area contributed by atoms with Crippen LogP contribution in [0.5, 0.6) is 0 Å². The Bertz CT molecular complexity index is 1000. The number of benzene rings is 2. The molecule has 1 aliphatic heterocycles. The molecule has 5 nitrogen and oxygen atoms in total. The Balaban J connectivity index is 1.47. The van der Waals surface area contributed by atoms with E-state index in [0.717, 1.165) is 49.3 Å². The van der Waals surface area contributed by atoms with Crippen LogP contribution in [0, 0.1) is 6.92 Å². The summed E-state index contributed by atoms with van der Waals surface area (Å²) in [6, 6.07) is 13.5. The smallest absolute Gasteiger partial charge is 0.272 e. The van der Waals surface area contributed by atoms with Crippen LogP contribution in [0.2, 0.25) is 5.02 Å². The Morgan fingerprint density at radius 1 is 1.11 bits per heavy atom. The second kappa shape index (κ2) is 7.86. The third kappa shape index (κ3) is 3.86. The molecule has 146 valence electrons. The normalized spacial score (nSPS) is 15.2. The van der Waals surface area contributed by atoms with Crippen molar-refractivity contribution in [1.82, 2.24) is 9.88 Å². The average Bonchev–Trinajstić information content (AvgIpc) is 3.12. The lowest BCUT2D eigenvalue weighted by Gasteiger charge is -2.36. The van der Waals surface area contributed by atoms with Crippen LogP contribution in [-0.2, 0) is 0 Å². The Hall–Kier alpha value is -2.50. The fraction of sp³-hybridized carbons (Fsp3) is 0.318. The number of H-pyrrole nitrogens is 1. The number of hydrogen-bond donors (Lipinski definition) is 2. The lowest BCUT2D eigenvalue weighted by atomic mass is 10.1. The molecule has 28 heavy (non-hydrogen) atoms. The number of amides is 1. The van der Waals surface area contributed by atoms with Gasteiger partial charge in [0.25, 0.3) is 5.91 Å². The molecule has 1 fully saturated rings. The maximum atomic E-state index is 12.6. The van der Waals surface area contributed by atoms with E-state index in [1.165, 1.54) is 11.3 Å². The van der Waals surface area contributed by atoms with E-state index in [-0.39, 0.29) is 5.91 Å². The monoisotopic (exact) mass is 396 g/mol. The Kier molecular flexibility index (Phi) is 5.29. The highest BCUT2D eigenvalue weighted by Gasteiger charge is 2.18. The molecule has 0 spiro atoms. The summed E-state index contributed by atoms with van der Waals surface area (Å²) in [5.74, 6) is -0.156. The van der Waals surface area contributed by atoms with E-state index in [1.54, 1.807) is 0 Å². The largest absolute Gasteiger partial charge is 0.369 e. The molecular formula is C22H25ClN4O. The quantitative estimate of drug-likeness (QED) is 0.681. The molecule has 1 aliphatic rings. The molecule has 0 atom stereocenters. The number of piperazine rings is 1. The molecule has 6 heteroatoms. The summed E-state index contributed by atoms with van der Waals surface area (Å²) in [5, 5.41) is 4.57. The molecule has 0 radical (unpaired) electrons. The second-order valence-corrected chi connectivity index (χ2v) is 7.73. The van der Waals surface area contributed by atoms with Crippen LogP contribution in [0.25, 0.3) is 10.9 Å². The van der Waals surface area contributed by atoms with Gasteiger partial charge in [-0.3, -0.25) is 4.79 Å². The van der Waals surface area contributed by atoms with E-state index in [1.807, 2.05) is 36.4 Å². The number of aryl methyl sites for hydroxylation is 1. The van der Waals surface area contributed by atoms with E-state index < -0.39 is 0 Å². The van der Waals surface area contributed by atoms with Crippen LogP contribution in [0.1, 0.15) is 23.0 Å². The number of rotatable bonds is 4. The number of nitrogens with one attached hydrogen (secondary N) is 2. The van der Waals surface area contributed by atoms with Gasteiger partial charge in [-0.05, 0) is 61.5 Å². The Morgan fingerprint density at radius 2 is 1.89 bits per heavy atom. The first-order valence-electron chi connectivity index (χ1n) is 9.71. The first-order valence-corrected chi connectivity index (χ1v) is 10.1. The van der Waals surface area contributed by atoms with Gasteiger partial charge in [0.05, 0.1) is 0 Å². The SMILES string of the molecule is CCN1CCN(c2ccc(NC(=O)c3cc4cc(Cl)ccc4[nH]3)cc2C)CC1. The van der Waals surface area contributed by atoms with E-state index in [4.69, 9.17) is 11.6 Å². The van der Waals surface area contributed by atoms with Gasteiger partial charge in [0.2, 0.25) is 0 Å². The first kappa shape index (κ1) is 18.8. The molecular weight excluding hydrogens is 372 g/mol. The summed E-state index contributed by atoms with van der Waals surface area (Å²) in [4.78, 5) is 20.7. The van der Waals surface area contributed by atoms with Crippen molar-refractivity contribution in [3.8, 4) is 0 Å². The number of carbonyl (C=O) groups is 1. The summed E-state index contributed by atoms with van der Waals surface area (Å²) in [6.45, 7) is 9.69. The number of fused-ring (bicyclic) bond motifs is 1. The fourth-order valence-electron chi connectivity index (χ4n) is 3.82. The fourth-order valence-corrected chi connectivity index (χ4v) is 4.00. The number of likely N-dealkylation sites (N-methyl/N-ethyl adjacent to an activating group) is 1. The van der Waals surface area contributed by atoms with Gasteiger partial charge in [-0.2, -0.15) is 0 Å². The second-order valence-electron chi connectivity index (χ2n) is 7.29. The summed E-state index contributed by atoms with van der Waals surface area (Å²) in [5.41, 5.74) is 4.64. The van der Waals surface area contributed by atoms with Crippen molar-refractivity contribution in [1.29, 1.82) is 0 Å². The van der Waals surface area contributed by atoms with Crippen molar-refractivity contribution in [3.05, 3.63) is 58.7 Å². The molecule has 3 aromatic rings. The highest BCUT2D eigenvalue weighted by Crippen LogP contribution is 2.26. The maximum Gasteiger partial charge on any atom is 0.272 e. The minimum atomic E-state index is -0.156. The van der Waals surface area contributed by atoms with Crippen LogP contribution in [0.15, 0.2) is 42.5 Å². The predicted molar refractivity (Wildman–Crippen MR) is 117 cm³/mol. The van der Waals surface area contributed by atoms with Gasteiger partial charge < -0.3 is 20.1 Å². The highest BCUT2D eigenvalue weighted by molar-refractivity contribution is 6.31. The molecule has 2 N–H and O–H groups in total. The van der Waals surface area contributed by atoms with Crippen LogP contribution in [0.4, 0.5) is 11.4 Å². The van der Waals surface area contributed by atoms with Crippen molar-refractivity contribution in [2.75, 3.05) is 42.9 Å². The van der Waals surface area contributed by atoms with Crippen LogP contribution in [-0.4, -0.2) is 48.5 Å². The average molecular weight is 397 g/mol. The molecule has 2 aromatic carbocycles. The molecule has 0 aliphatic carbocycles. The molecule has 1 amide bonds. The van der Waals surface area contributed by atoms with Crippen molar-refractivity contribution in [3.63, 3.8) is 0 Å². The highest BCUT2D eigenvalue weighted by atomic mass is 35.5. The third-order valence-corrected chi connectivity index (χ3v) is 5.68. The molecule has 2 heterocycles. The van der Waals surface area contributed by atoms with Gasteiger partial charge in [-0.15, -0.1) is 0 Å². The lowest BCUT2D eigenvalue weighted by Crippen LogP contribution is -2.46. The Labute approximate surface area is 170 Å². The third-order valence-electron chi connectivity index (χ3n) is 5.44. The van der Waals surface area contributed by atoms with Crippen molar-refractivity contribution < 1.29 is 4.79 Å². The van der Waals surface area contributed by atoms with E-state index in [9.17, 15) is 4.79 Å². The number of aromatic nitrogens is 1. The van der Waals surface area contributed by atoms with Crippen molar-refractivity contribution in [2.24, 2.45) is 0 Å². The van der Waals surface area contributed by atoms with Gasteiger partial charge in [0.1, 0.15) is 5.69 Å². The van der Waals surface area contributed by atoms with Crippen LogP contribution < -0.4 is 10.2 Å². The number of halogens is 1. The zero-order valence-corrected chi connectivity index (χ0v) is 17.0. The topological polar surface area (TPSA) is 51.4 Å². The van der Waals surface area contributed by atoms with Gasteiger partial charge in [0, 0.05) is 53.5 Å². The summed E-state index contributed by atoms with van der Waals surface area (Å²) in [6.07, 6.45) is 0. The predicted octanol–water partition coefficient (Wildman–Crippen LogP) is 4.52. The molecule has 1 aromatic heterocycles. The van der Waals surface area contributed by atoms with Gasteiger partial charge in [-0.1, -0.05) is 18.5 Å². The summed E-state index contributed by atoms with van der Waals surface area (Å²) < 4.78 is 0. The molecule has 0 bridgehead atoms. The van der Waals surface area contributed by atoms with Crippen molar-refractivity contribution >= 4 is 39.8 Å². The van der Waals surface area contributed by atoms with Crippen LogP contribution >= 0.6 is 11.6 Å². The minimum absolute atomic E-state index is 0.156. The van der Waals surface area contributed by atoms with E-state index in [0.29, 0.717) is 10.7 Å². The standard InChI is InChI=1S/C22H25ClN4O/c1-3-26-8-10-27(11-9-26)21-7-5-18(12-15(21)2)24-22(28)20-14-16-13-17(23)4-6-19(16)25-20/h4-7,12-14,25H,3,8-11H2,1-2H3,(H,24,28). The molecule has 0 unspecified atom stereocenters. The number of aromatic amines is 1. The minimum Gasteiger partial charge on any atom is -0.369 e. The molecule has 4 rings (SSSR count). The summed E-state index contributed by atoms with van der Waals surface area (Å²) in [7, 11) is 0. The lowest BCUT2D eigenvalue weighted by molar-refractivity contribution is 0.102. The van der Waals surface area contributed by atoms with E-state index >= 15 is 0 Å². The molecule has 0 saturated carbocycles. The zero-order valence-electron chi connectivity index (χ0n) is 16.3. The number of hydrogen-bond acceptors (Lipinski definition) is 3. The Morgan fingerprint density at radius 3 is 2.61 bits per heavy atom. The number of nitrogens with zero attached hydrogens (tertiary/aromatic N) is 2. The van der Waals surface area contributed by atoms with Gasteiger partial charge >= 0.3 is 0 Å². The summed E-state index contributed by atoms with van der Waals surface area (Å²) >= 11 is 6.03. The number of carbonyl (C=O) groups excluding carboxylic acids is 1. The zero-order chi connectivity index (χ0) is 19.7. The molecule has 1 saturated heterocycles.